The summed E-state index contributed by atoms with van der Waals surface area (Å²) in [4.78, 5) is 12.4. The molecule has 1 N–H and O–H groups in total. The molecule has 0 aliphatic rings. The van der Waals surface area contributed by atoms with Gasteiger partial charge >= 0.3 is 0 Å². The third-order valence-corrected chi connectivity index (χ3v) is 5.36. The van der Waals surface area contributed by atoms with Gasteiger partial charge in [-0.3, -0.25) is 4.79 Å². The maximum Gasteiger partial charge on any atom is 0.220 e. The highest BCUT2D eigenvalue weighted by molar-refractivity contribution is 5.76. The number of amides is 1. The van der Waals surface area contributed by atoms with Crippen molar-refractivity contribution in [2.75, 3.05) is 7.11 Å². The quantitative estimate of drug-likeness (QED) is 0.405. The van der Waals surface area contributed by atoms with E-state index < -0.39 is 0 Å². The van der Waals surface area contributed by atoms with E-state index in [-0.39, 0.29) is 11.7 Å². The summed E-state index contributed by atoms with van der Waals surface area (Å²) in [5.74, 6) is 0.341. The Labute approximate surface area is 192 Å². The number of rotatable bonds is 8. The van der Waals surface area contributed by atoms with Gasteiger partial charge in [0.15, 0.2) is 0 Å². The van der Waals surface area contributed by atoms with Crippen LogP contribution in [0.15, 0.2) is 78.9 Å². The van der Waals surface area contributed by atoms with Crippen LogP contribution < -0.4 is 10.1 Å². The van der Waals surface area contributed by atoms with Gasteiger partial charge in [-0.1, -0.05) is 48.0 Å². The van der Waals surface area contributed by atoms with Crippen LogP contribution in [0.4, 0.5) is 4.39 Å². The van der Waals surface area contributed by atoms with Gasteiger partial charge in [0.2, 0.25) is 5.91 Å². The number of hydrogen-bond donors (Lipinski definition) is 1. The number of aromatic nitrogens is 2. The highest BCUT2D eigenvalue weighted by atomic mass is 19.1. The fourth-order valence-corrected chi connectivity index (χ4v) is 3.70. The van der Waals surface area contributed by atoms with Crippen molar-refractivity contribution >= 4 is 5.91 Å². The molecule has 33 heavy (non-hydrogen) atoms. The molecule has 0 saturated heterocycles. The molecule has 0 aliphatic carbocycles. The fraction of sp³-hybridized carbons (Fsp3) is 0.185. The number of carbonyl (C=O) groups is 1. The van der Waals surface area contributed by atoms with Crippen molar-refractivity contribution in [3.63, 3.8) is 0 Å². The van der Waals surface area contributed by atoms with Gasteiger partial charge in [0.05, 0.1) is 24.2 Å². The van der Waals surface area contributed by atoms with Crippen LogP contribution in [-0.4, -0.2) is 22.8 Å². The van der Waals surface area contributed by atoms with Gasteiger partial charge in [0.1, 0.15) is 11.6 Å². The van der Waals surface area contributed by atoms with Crippen molar-refractivity contribution in [2.45, 2.75) is 26.3 Å². The molecule has 0 unspecified atom stereocenters. The molecule has 4 aromatic rings. The predicted molar refractivity (Wildman–Crippen MR) is 127 cm³/mol. The first kappa shape index (κ1) is 22.3. The first-order valence-corrected chi connectivity index (χ1v) is 10.8. The lowest BCUT2D eigenvalue weighted by Gasteiger charge is -2.09. The van der Waals surface area contributed by atoms with Gasteiger partial charge in [0.25, 0.3) is 0 Å². The van der Waals surface area contributed by atoms with E-state index in [0.29, 0.717) is 30.7 Å². The van der Waals surface area contributed by atoms with Crippen molar-refractivity contribution < 1.29 is 13.9 Å². The Morgan fingerprint density at radius 1 is 1.03 bits per heavy atom. The fourth-order valence-electron chi connectivity index (χ4n) is 3.70. The summed E-state index contributed by atoms with van der Waals surface area (Å²) < 4.78 is 21.0. The molecule has 0 aliphatic heterocycles. The minimum absolute atomic E-state index is 0.0419. The number of aryl methyl sites for hydroxylation is 2. The number of methoxy groups -OCH3 is 1. The van der Waals surface area contributed by atoms with Gasteiger partial charge in [-0.2, -0.15) is 5.10 Å². The largest absolute Gasteiger partial charge is 0.497 e. The normalized spacial score (nSPS) is 10.8. The van der Waals surface area contributed by atoms with Crippen LogP contribution in [0.3, 0.4) is 0 Å². The van der Waals surface area contributed by atoms with Crippen LogP contribution in [0.25, 0.3) is 16.9 Å². The number of hydrogen-bond acceptors (Lipinski definition) is 3. The molecule has 0 atom stereocenters. The lowest BCUT2D eigenvalue weighted by molar-refractivity contribution is -0.121. The van der Waals surface area contributed by atoms with Gasteiger partial charge in [-0.25, -0.2) is 9.07 Å². The van der Waals surface area contributed by atoms with Crippen LogP contribution in [0.2, 0.25) is 0 Å². The molecule has 1 heterocycles. The minimum atomic E-state index is -0.317. The van der Waals surface area contributed by atoms with Gasteiger partial charge in [-0.15, -0.1) is 0 Å². The minimum Gasteiger partial charge on any atom is -0.497 e. The standard InChI is InChI=1S/C27H26FN3O2/c1-19-6-3-7-20(14-19)18-29-27(32)13-12-23-16-26(21-8-4-9-22(28)15-21)31(30-23)24-10-5-11-25(17-24)33-2/h3-11,14-17H,12-13,18H2,1-2H3,(H,29,32). The van der Waals surface area contributed by atoms with Crippen molar-refractivity contribution in [3.8, 4) is 22.7 Å². The maximum atomic E-state index is 13.9. The molecule has 4 rings (SSSR count). The van der Waals surface area contributed by atoms with Gasteiger partial charge in [-0.05, 0) is 42.8 Å². The van der Waals surface area contributed by atoms with Crippen LogP contribution in [-0.2, 0) is 17.8 Å². The lowest BCUT2D eigenvalue weighted by Crippen LogP contribution is -2.23. The number of carbonyl (C=O) groups excluding carboxylic acids is 1. The molecule has 1 amide bonds. The van der Waals surface area contributed by atoms with E-state index in [4.69, 9.17) is 9.84 Å². The Morgan fingerprint density at radius 2 is 1.85 bits per heavy atom. The topological polar surface area (TPSA) is 56.2 Å². The molecule has 6 heteroatoms. The Kier molecular flexibility index (Phi) is 6.83. The van der Waals surface area contributed by atoms with Crippen LogP contribution in [0, 0.1) is 12.7 Å². The van der Waals surface area contributed by atoms with Crippen LogP contribution >= 0.6 is 0 Å². The van der Waals surface area contributed by atoms with E-state index in [1.165, 1.54) is 12.1 Å². The third-order valence-electron chi connectivity index (χ3n) is 5.36. The SMILES string of the molecule is COc1cccc(-n2nc(CCC(=O)NCc3cccc(C)c3)cc2-c2cccc(F)c2)c1. The summed E-state index contributed by atoms with van der Waals surface area (Å²) in [7, 11) is 1.61. The van der Waals surface area contributed by atoms with E-state index in [2.05, 4.69) is 11.4 Å². The molecular formula is C27H26FN3O2. The van der Waals surface area contributed by atoms with Crippen LogP contribution in [0.5, 0.6) is 5.75 Å². The van der Waals surface area contributed by atoms with Crippen LogP contribution in [0.1, 0.15) is 23.2 Å². The summed E-state index contributed by atoms with van der Waals surface area (Å²) >= 11 is 0. The Morgan fingerprint density at radius 3 is 2.64 bits per heavy atom. The molecule has 1 aromatic heterocycles. The summed E-state index contributed by atoms with van der Waals surface area (Å²) in [5.41, 5.74) is 5.23. The summed E-state index contributed by atoms with van der Waals surface area (Å²) in [6.07, 6.45) is 0.780. The Balaban J connectivity index is 1.53. The van der Waals surface area contributed by atoms with Gasteiger partial charge < -0.3 is 10.1 Å². The smallest absolute Gasteiger partial charge is 0.220 e. The summed E-state index contributed by atoms with van der Waals surface area (Å²) in [5, 5.41) is 7.69. The average Bonchev–Trinajstić information content (AvgIpc) is 3.26. The molecular weight excluding hydrogens is 417 g/mol. The molecule has 0 spiro atoms. The number of benzene rings is 3. The first-order chi connectivity index (χ1) is 16.0. The predicted octanol–water partition coefficient (Wildman–Crippen LogP) is 5.24. The first-order valence-electron chi connectivity index (χ1n) is 10.8. The number of halogens is 1. The van der Waals surface area contributed by atoms with E-state index in [9.17, 15) is 9.18 Å². The van der Waals surface area contributed by atoms with Crippen molar-refractivity contribution in [1.29, 1.82) is 0 Å². The second kappa shape index (κ2) is 10.1. The van der Waals surface area contributed by atoms with Crippen molar-refractivity contribution in [1.82, 2.24) is 15.1 Å². The number of ether oxygens (including phenoxy) is 1. The zero-order valence-electron chi connectivity index (χ0n) is 18.7. The van der Waals surface area contributed by atoms with Crippen molar-refractivity contribution in [3.05, 3.63) is 102 Å². The van der Waals surface area contributed by atoms with E-state index in [0.717, 1.165) is 28.2 Å². The summed E-state index contributed by atoms with van der Waals surface area (Å²) in [6.45, 7) is 2.52. The number of nitrogens with zero attached hydrogens (tertiary/aromatic N) is 2. The molecule has 168 valence electrons. The Hall–Kier alpha value is -3.93. The van der Waals surface area contributed by atoms with E-state index in [1.807, 2.05) is 61.5 Å². The molecule has 5 nitrogen and oxygen atoms in total. The highest BCUT2D eigenvalue weighted by Gasteiger charge is 2.14. The Bertz CT molecular complexity index is 1270. The zero-order valence-corrected chi connectivity index (χ0v) is 18.7. The third kappa shape index (κ3) is 5.66. The summed E-state index contributed by atoms with van der Waals surface area (Å²) in [6, 6.07) is 23.9. The molecule has 3 aromatic carbocycles. The number of nitrogens with one attached hydrogen (secondary N) is 1. The van der Waals surface area contributed by atoms with Gasteiger partial charge in [0, 0.05) is 31.0 Å². The maximum absolute atomic E-state index is 13.9. The molecule has 0 radical (unpaired) electrons. The lowest BCUT2D eigenvalue weighted by atomic mass is 10.1. The van der Waals surface area contributed by atoms with E-state index in [1.54, 1.807) is 17.9 Å². The highest BCUT2D eigenvalue weighted by Crippen LogP contribution is 2.27. The molecule has 0 fully saturated rings. The van der Waals surface area contributed by atoms with E-state index >= 15 is 0 Å². The second-order valence-electron chi connectivity index (χ2n) is 7.91. The van der Waals surface area contributed by atoms with Crippen molar-refractivity contribution in [2.24, 2.45) is 0 Å². The average molecular weight is 444 g/mol. The molecule has 0 bridgehead atoms. The zero-order chi connectivity index (χ0) is 23.2. The monoisotopic (exact) mass is 443 g/mol. The molecule has 0 saturated carbocycles. The second-order valence-corrected chi connectivity index (χ2v) is 7.91.